The molecule has 21 heavy (non-hydrogen) atoms. The fourth-order valence-electron chi connectivity index (χ4n) is 2.77. The number of nitrogens with one attached hydrogen (secondary N) is 1. The molecule has 116 valence electrons. The molecule has 0 aromatic carbocycles. The van der Waals surface area contributed by atoms with E-state index in [2.05, 4.69) is 21.5 Å². The molecule has 1 fully saturated rings. The Morgan fingerprint density at radius 1 is 1.38 bits per heavy atom. The summed E-state index contributed by atoms with van der Waals surface area (Å²) in [5.74, 6) is 0.219. The zero-order chi connectivity index (χ0) is 15.5. The first-order chi connectivity index (χ1) is 9.97. The standard InChI is InChI=1S/C13H19ClN4O2S/c1-9-10(18(19)20)11(17-12(14)16-9)15-8-13(21-2)6-4-3-5-7-13/h3-8H2,1-2H3,(H,15,16,17). The Bertz CT molecular complexity index is 535. The maximum Gasteiger partial charge on any atom is 0.332 e. The van der Waals surface area contributed by atoms with Gasteiger partial charge in [-0.2, -0.15) is 16.7 Å². The summed E-state index contributed by atoms with van der Waals surface area (Å²) in [6, 6.07) is 0. The number of halogens is 1. The molecular weight excluding hydrogens is 312 g/mol. The van der Waals surface area contributed by atoms with Crippen molar-refractivity contribution < 1.29 is 4.92 Å². The molecule has 0 spiro atoms. The minimum absolute atomic E-state index is 0.0300. The van der Waals surface area contributed by atoms with E-state index in [1.807, 2.05) is 11.8 Å². The summed E-state index contributed by atoms with van der Waals surface area (Å²) in [6.45, 7) is 2.23. The van der Waals surface area contributed by atoms with Crippen LogP contribution < -0.4 is 5.32 Å². The van der Waals surface area contributed by atoms with E-state index in [4.69, 9.17) is 11.6 Å². The summed E-state index contributed by atoms with van der Waals surface area (Å²) >= 11 is 7.65. The van der Waals surface area contributed by atoms with E-state index in [0.29, 0.717) is 6.54 Å². The highest BCUT2D eigenvalue weighted by Gasteiger charge is 2.32. The Hall–Kier alpha value is -1.08. The summed E-state index contributed by atoms with van der Waals surface area (Å²) in [5, 5.41) is 14.4. The lowest BCUT2D eigenvalue weighted by molar-refractivity contribution is -0.385. The third kappa shape index (κ3) is 3.77. The van der Waals surface area contributed by atoms with E-state index in [-0.39, 0.29) is 27.2 Å². The number of nitrogens with zero attached hydrogens (tertiary/aromatic N) is 3. The summed E-state index contributed by atoms with van der Waals surface area (Å²) in [7, 11) is 0. The van der Waals surface area contributed by atoms with Gasteiger partial charge in [0, 0.05) is 11.3 Å². The molecule has 6 nitrogen and oxygen atoms in total. The van der Waals surface area contributed by atoms with E-state index >= 15 is 0 Å². The van der Waals surface area contributed by atoms with Crippen LogP contribution in [-0.2, 0) is 0 Å². The van der Waals surface area contributed by atoms with E-state index in [1.54, 1.807) is 6.92 Å². The third-order valence-corrected chi connectivity index (χ3v) is 5.58. The fourth-order valence-corrected chi connectivity index (χ4v) is 3.89. The summed E-state index contributed by atoms with van der Waals surface area (Å²) in [6.07, 6.45) is 8.00. The zero-order valence-corrected chi connectivity index (χ0v) is 13.8. The number of nitro groups is 1. The topological polar surface area (TPSA) is 81.0 Å². The lowest BCUT2D eigenvalue weighted by atomic mass is 9.88. The Morgan fingerprint density at radius 3 is 2.62 bits per heavy atom. The van der Waals surface area contributed by atoms with Gasteiger partial charge in [0.05, 0.1) is 4.92 Å². The Morgan fingerprint density at radius 2 is 2.05 bits per heavy atom. The van der Waals surface area contributed by atoms with Crippen LogP contribution in [0.25, 0.3) is 0 Å². The molecule has 0 atom stereocenters. The molecule has 1 aromatic rings. The second-order valence-corrected chi connectivity index (χ2v) is 6.95. The minimum atomic E-state index is -0.458. The predicted octanol–water partition coefficient (Wildman–Crippen LogP) is 3.82. The average molecular weight is 331 g/mol. The van der Waals surface area contributed by atoms with Crippen LogP contribution in [-0.4, -0.2) is 32.4 Å². The van der Waals surface area contributed by atoms with Gasteiger partial charge in [0.15, 0.2) is 0 Å². The van der Waals surface area contributed by atoms with Crippen molar-refractivity contribution in [3.05, 3.63) is 21.1 Å². The SMILES string of the molecule is CSC1(CNc2nc(Cl)nc(C)c2[N+](=O)[O-])CCCCC1. The molecule has 1 aromatic heterocycles. The van der Waals surface area contributed by atoms with Crippen LogP contribution in [0.1, 0.15) is 37.8 Å². The van der Waals surface area contributed by atoms with Crippen molar-refractivity contribution in [3.8, 4) is 0 Å². The van der Waals surface area contributed by atoms with Gasteiger partial charge in [-0.25, -0.2) is 4.98 Å². The van der Waals surface area contributed by atoms with E-state index in [9.17, 15) is 10.1 Å². The second kappa shape index (κ2) is 6.79. The maximum absolute atomic E-state index is 11.2. The van der Waals surface area contributed by atoms with Crippen molar-refractivity contribution in [2.24, 2.45) is 0 Å². The minimum Gasteiger partial charge on any atom is -0.363 e. The van der Waals surface area contributed by atoms with Gasteiger partial charge in [-0.1, -0.05) is 19.3 Å². The molecule has 1 heterocycles. The lowest BCUT2D eigenvalue weighted by Gasteiger charge is -2.35. The van der Waals surface area contributed by atoms with E-state index in [0.717, 1.165) is 12.8 Å². The molecule has 0 saturated heterocycles. The third-order valence-electron chi connectivity index (χ3n) is 3.99. The van der Waals surface area contributed by atoms with Gasteiger partial charge in [0.25, 0.3) is 0 Å². The monoisotopic (exact) mass is 330 g/mol. The van der Waals surface area contributed by atoms with E-state index < -0.39 is 4.92 Å². The largest absolute Gasteiger partial charge is 0.363 e. The van der Waals surface area contributed by atoms with Crippen LogP contribution in [0.15, 0.2) is 0 Å². The molecule has 1 aliphatic rings. The van der Waals surface area contributed by atoms with Gasteiger partial charge in [0.1, 0.15) is 5.69 Å². The smallest absolute Gasteiger partial charge is 0.332 e. The number of rotatable bonds is 5. The van der Waals surface area contributed by atoms with Crippen LogP contribution in [0, 0.1) is 17.0 Å². The highest BCUT2D eigenvalue weighted by molar-refractivity contribution is 8.00. The Kier molecular flexibility index (Phi) is 5.27. The van der Waals surface area contributed by atoms with E-state index in [1.165, 1.54) is 19.3 Å². The lowest BCUT2D eigenvalue weighted by Crippen LogP contribution is -2.36. The molecule has 1 N–H and O–H groups in total. The van der Waals surface area contributed by atoms with Gasteiger partial charge < -0.3 is 5.32 Å². The number of thioether (sulfide) groups is 1. The molecule has 0 radical (unpaired) electrons. The molecule has 0 unspecified atom stereocenters. The highest BCUT2D eigenvalue weighted by Crippen LogP contribution is 2.39. The number of aryl methyl sites for hydroxylation is 1. The normalized spacial score (nSPS) is 17.5. The van der Waals surface area contributed by atoms with Crippen LogP contribution in [0.3, 0.4) is 0 Å². The van der Waals surface area contributed by atoms with Crippen molar-refractivity contribution in [1.29, 1.82) is 0 Å². The average Bonchev–Trinajstić information content (AvgIpc) is 2.45. The summed E-state index contributed by atoms with van der Waals surface area (Å²) in [4.78, 5) is 18.6. The second-order valence-electron chi connectivity index (χ2n) is 5.33. The number of hydrogen-bond donors (Lipinski definition) is 1. The first-order valence-corrected chi connectivity index (χ1v) is 8.55. The first kappa shape index (κ1) is 16.3. The molecule has 0 aliphatic heterocycles. The van der Waals surface area contributed by atoms with Crippen molar-refractivity contribution in [2.75, 3.05) is 18.1 Å². The van der Waals surface area contributed by atoms with Gasteiger partial charge in [-0.05, 0) is 37.6 Å². The maximum atomic E-state index is 11.2. The van der Waals surface area contributed by atoms with Crippen molar-refractivity contribution in [2.45, 2.75) is 43.8 Å². The molecule has 0 bridgehead atoms. The van der Waals surface area contributed by atoms with Gasteiger partial charge in [0.2, 0.25) is 11.1 Å². The molecule has 0 amide bonds. The molecule has 1 saturated carbocycles. The molecular formula is C13H19ClN4O2S. The molecule has 1 aliphatic carbocycles. The Labute approximate surface area is 133 Å². The Balaban J connectivity index is 2.21. The van der Waals surface area contributed by atoms with Crippen LogP contribution in [0.2, 0.25) is 5.28 Å². The predicted molar refractivity (Wildman–Crippen MR) is 86.3 cm³/mol. The summed E-state index contributed by atoms with van der Waals surface area (Å²) < 4.78 is 0.122. The highest BCUT2D eigenvalue weighted by atomic mass is 35.5. The zero-order valence-electron chi connectivity index (χ0n) is 12.2. The fraction of sp³-hybridized carbons (Fsp3) is 0.692. The molecule has 8 heteroatoms. The first-order valence-electron chi connectivity index (χ1n) is 6.95. The number of aromatic nitrogens is 2. The van der Waals surface area contributed by atoms with Gasteiger partial charge >= 0.3 is 5.69 Å². The van der Waals surface area contributed by atoms with Crippen molar-refractivity contribution in [1.82, 2.24) is 9.97 Å². The van der Waals surface area contributed by atoms with Crippen LogP contribution in [0.4, 0.5) is 11.5 Å². The number of hydrogen-bond acceptors (Lipinski definition) is 6. The van der Waals surface area contributed by atoms with Gasteiger partial charge in [-0.15, -0.1) is 0 Å². The summed E-state index contributed by atoms with van der Waals surface area (Å²) in [5.41, 5.74) is 0.191. The van der Waals surface area contributed by atoms with Gasteiger partial charge in [-0.3, -0.25) is 10.1 Å². The van der Waals surface area contributed by atoms with Crippen LogP contribution >= 0.6 is 23.4 Å². The quantitative estimate of drug-likeness (QED) is 0.502. The van der Waals surface area contributed by atoms with Crippen LogP contribution in [0.5, 0.6) is 0 Å². The number of anilines is 1. The van der Waals surface area contributed by atoms with Crippen molar-refractivity contribution in [3.63, 3.8) is 0 Å². The van der Waals surface area contributed by atoms with Crippen molar-refractivity contribution >= 4 is 34.9 Å². The molecule has 2 rings (SSSR count).